The van der Waals surface area contributed by atoms with Gasteiger partial charge in [-0.05, 0) is 33.0 Å². The molecule has 0 bridgehead atoms. The van der Waals surface area contributed by atoms with Crippen LogP contribution in [-0.2, 0) is 0 Å². The van der Waals surface area contributed by atoms with Gasteiger partial charge in [0.15, 0.2) is 0 Å². The van der Waals surface area contributed by atoms with E-state index in [4.69, 9.17) is 11.1 Å². The zero-order valence-electron chi connectivity index (χ0n) is 12.4. The van der Waals surface area contributed by atoms with Crippen LogP contribution in [0.25, 0.3) is 0 Å². The summed E-state index contributed by atoms with van der Waals surface area (Å²) in [6.07, 6.45) is 2.98. The second-order valence-electron chi connectivity index (χ2n) is 5.55. The average Bonchev–Trinajstić information content (AvgIpc) is 2.46. The molecule has 0 atom stereocenters. The Hall–Kier alpha value is -2.15. The van der Waals surface area contributed by atoms with Gasteiger partial charge in [-0.15, -0.1) is 0 Å². The molecule has 1 aromatic carbocycles. The molecule has 21 heavy (non-hydrogen) atoms. The van der Waals surface area contributed by atoms with Crippen LogP contribution in [0.1, 0.15) is 18.4 Å². The highest BCUT2D eigenvalue weighted by atomic mass is 16.6. The molecule has 3 N–H and O–H groups in total. The summed E-state index contributed by atoms with van der Waals surface area (Å²) in [5.41, 5.74) is 7.24. The maximum atomic E-state index is 11.3. The quantitative estimate of drug-likeness (QED) is 0.381. The molecule has 1 saturated heterocycles. The molecule has 114 valence electrons. The Morgan fingerprint density at radius 2 is 2.05 bits per heavy atom. The van der Waals surface area contributed by atoms with Crippen molar-refractivity contribution in [3.8, 4) is 0 Å². The van der Waals surface area contributed by atoms with E-state index in [2.05, 4.69) is 19.0 Å². The minimum Gasteiger partial charge on any atom is -0.398 e. The highest BCUT2D eigenvalue weighted by Gasteiger charge is 2.26. The molecule has 1 aliphatic rings. The third kappa shape index (κ3) is 3.13. The van der Waals surface area contributed by atoms with Crippen LogP contribution < -0.4 is 10.6 Å². The SMILES string of the molecule is CN(C)C1CCN(c2cc(N)c(C=N)cc2[N+](=O)[O-])CC1. The number of piperidine rings is 1. The van der Waals surface area contributed by atoms with E-state index in [1.165, 1.54) is 6.07 Å². The number of nitrogens with two attached hydrogens (primary N) is 1. The number of nitrogen functional groups attached to an aromatic ring is 1. The van der Waals surface area contributed by atoms with Gasteiger partial charge in [-0.1, -0.05) is 0 Å². The van der Waals surface area contributed by atoms with Gasteiger partial charge < -0.3 is 20.9 Å². The van der Waals surface area contributed by atoms with Gasteiger partial charge in [-0.3, -0.25) is 10.1 Å². The number of nitrogens with zero attached hydrogens (tertiary/aromatic N) is 3. The van der Waals surface area contributed by atoms with E-state index in [9.17, 15) is 10.1 Å². The maximum Gasteiger partial charge on any atom is 0.293 e. The fourth-order valence-electron chi connectivity index (χ4n) is 2.76. The lowest BCUT2D eigenvalue weighted by Crippen LogP contribution is -2.42. The summed E-state index contributed by atoms with van der Waals surface area (Å²) < 4.78 is 0. The van der Waals surface area contributed by atoms with Gasteiger partial charge in [0, 0.05) is 42.7 Å². The number of nitro groups is 1. The Bertz CT molecular complexity index is 551. The van der Waals surface area contributed by atoms with Crippen LogP contribution in [0.5, 0.6) is 0 Å². The molecule has 7 heteroatoms. The van der Waals surface area contributed by atoms with Crippen molar-refractivity contribution >= 4 is 23.3 Å². The summed E-state index contributed by atoms with van der Waals surface area (Å²) in [5, 5.41) is 18.5. The third-order valence-electron chi connectivity index (χ3n) is 4.07. The fraction of sp³-hybridized carbons (Fsp3) is 0.500. The molecule has 0 spiro atoms. The summed E-state index contributed by atoms with van der Waals surface area (Å²) in [6, 6.07) is 3.52. The topological polar surface area (TPSA) is 99.5 Å². The van der Waals surface area contributed by atoms with Crippen LogP contribution in [0.15, 0.2) is 12.1 Å². The molecule has 0 aliphatic carbocycles. The zero-order valence-corrected chi connectivity index (χ0v) is 12.4. The van der Waals surface area contributed by atoms with Crippen molar-refractivity contribution in [2.75, 3.05) is 37.8 Å². The molecule has 0 radical (unpaired) electrons. The van der Waals surface area contributed by atoms with Gasteiger partial charge in [0.2, 0.25) is 0 Å². The van der Waals surface area contributed by atoms with Crippen molar-refractivity contribution in [2.45, 2.75) is 18.9 Å². The Balaban J connectivity index is 2.29. The molecular formula is C14H21N5O2. The first-order chi connectivity index (χ1) is 9.93. The summed E-state index contributed by atoms with van der Waals surface area (Å²) in [6.45, 7) is 1.54. The molecule has 0 aromatic heterocycles. The number of hydrogen-bond donors (Lipinski definition) is 2. The summed E-state index contributed by atoms with van der Waals surface area (Å²) in [5.74, 6) is 0. The maximum absolute atomic E-state index is 11.3. The number of nitro benzene ring substituents is 1. The van der Waals surface area contributed by atoms with Crippen molar-refractivity contribution in [2.24, 2.45) is 0 Å². The lowest BCUT2D eigenvalue weighted by molar-refractivity contribution is -0.384. The Labute approximate surface area is 124 Å². The first kappa shape index (κ1) is 15.2. The lowest BCUT2D eigenvalue weighted by Gasteiger charge is -2.36. The number of benzene rings is 1. The molecule has 0 saturated carbocycles. The molecular weight excluding hydrogens is 270 g/mol. The van der Waals surface area contributed by atoms with Crippen LogP contribution in [0, 0.1) is 15.5 Å². The zero-order chi connectivity index (χ0) is 15.6. The molecule has 1 aromatic rings. The summed E-state index contributed by atoms with van der Waals surface area (Å²) >= 11 is 0. The molecule has 1 aliphatic heterocycles. The average molecular weight is 291 g/mol. The molecule has 1 heterocycles. The Morgan fingerprint density at radius 1 is 1.43 bits per heavy atom. The molecule has 7 nitrogen and oxygen atoms in total. The van der Waals surface area contributed by atoms with E-state index in [0.29, 0.717) is 23.0 Å². The fourth-order valence-corrected chi connectivity index (χ4v) is 2.76. The number of rotatable bonds is 4. The minimum absolute atomic E-state index is 0.0194. The van der Waals surface area contributed by atoms with E-state index in [1.807, 2.05) is 4.90 Å². The van der Waals surface area contributed by atoms with Crippen molar-refractivity contribution in [1.29, 1.82) is 5.41 Å². The van der Waals surface area contributed by atoms with Crippen LogP contribution in [0.3, 0.4) is 0 Å². The van der Waals surface area contributed by atoms with Gasteiger partial charge >= 0.3 is 0 Å². The number of hydrogen-bond acceptors (Lipinski definition) is 6. The van der Waals surface area contributed by atoms with Gasteiger partial charge in [0.1, 0.15) is 5.69 Å². The lowest BCUT2D eigenvalue weighted by atomic mass is 10.0. The van der Waals surface area contributed by atoms with Gasteiger partial charge in [-0.2, -0.15) is 0 Å². The molecule has 0 amide bonds. The van der Waals surface area contributed by atoms with Crippen LogP contribution in [0.2, 0.25) is 0 Å². The second-order valence-corrected chi connectivity index (χ2v) is 5.55. The van der Waals surface area contributed by atoms with Crippen LogP contribution in [-0.4, -0.2) is 49.3 Å². The predicted octanol–water partition coefficient (Wildman–Crippen LogP) is 1.71. The van der Waals surface area contributed by atoms with Gasteiger partial charge in [0.05, 0.1) is 4.92 Å². The smallest absolute Gasteiger partial charge is 0.293 e. The van der Waals surface area contributed by atoms with Crippen molar-refractivity contribution in [3.63, 3.8) is 0 Å². The third-order valence-corrected chi connectivity index (χ3v) is 4.07. The van der Waals surface area contributed by atoms with Crippen molar-refractivity contribution in [3.05, 3.63) is 27.8 Å². The van der Waals surface area contributed by atoms with Crippen molar-refractivity contribution in [1.82, 2.24) is 4.90 Å². The largest absolute Gasteiger partial charge is 0.398 e. The molecule has 1 fully saturated rings. The van der Waals surface area contributed by atoms with E-state index in [1.54, 1.807) is 6.07 Å². The van der Waals surface area contributed by atoms with E-state index < -0.39 is 4.92 Å². The van der Waals surface area contributed by atoms with Crippen molar-refractivity contribution < 1.29 is 4.92 Å². The normalized spacial score (nSPS) is 16.2. The molecule has 2 rings (SSSR count). The highest BCUT2D eigenvalue weighted by molar-refractivity contribution is 5.89. The summed E-state index contributed by atoms with van der Waals surface area (Å²) in [7, 11) is 4.11. The van der Waals surface area contributed by atoms with Gasteiger partial charge in [0.25, 0.3) is 5.69 Å². The second kappa shape index (κ2) is 6.09. The van der Waals surface area contributed by atoms with Crippen LogP contribution >= 0.6 is 0 Å². The Kier molecular flexibility index (Phi) is 4.42. The number of nitrogens with one attached hydrogen (secondary N) is 1. The molecule has 0 unspecified atom stereocenters. The van der Waals surface area contributed by atoms with Gasteiger partial charge in [-0.25, -0.2) is 0 Å². The monoisotopic (exact) mass is 291 g/mol. The number of anilines is 2. The predicted molar refractivity (Wildman–Crippen MR) is 84.3 cm³/mol. The first-order valence-corrected chi connectivity index (χ1v) is 6.93. The van der Waals surface area contributed by atoms with E-state index in [-0.39, 0.29) is 5.69 Å². The van der Waals surface area contributed by atoms with Crippen LogP contribution in [0.4, 0.5) is 17.1 Å². The van der Waals surface area contributed by atoms with E-state index >= 15 is 0 Å². The Morgan fingerprint density at radius 3 is 2.52 bits per heavy atom. The summed E-state index contributed by atoms with van der Waals surface area (Å²) in [4.78, 5) is 15.1. The highest BCUT2D eigenvalue weighted by Crippen LogP contribution is 2.34. The first-order valence-electron chi connectivity index (χ1n) is 6.93. The van der Waals surface area contributed by atoms with E-state index in [0.717, 1.165) is 32.1 Å². The standard InChI is InChI=1S/C14H21N5O2/c1-17(2)11-3-5-18(6-4-11)13-8-12(16)10(9-15)7-14(13)19(20)21/h7-9,11,15H,3-6,16H2,1-2H3. The minimum atomic E-state index is -0.403.